The lowest BCUT2D eigenvalue weighted by Gasteiger charge is -2.29. The molecule has 0 saturated carbocycles. The molecule has 3 heterocycles. The summed E-state index contributed by atoms with van der Waals surface area (Å²) in [6.07, 6.45) is 3.92. The summed E-state index contributed by atoms with van der Waals surface area (Å²) >= 11 is 0. The maximum Gasteiger partial charge on any atom is 0.254 e. The number of aryl methyl sites for hydroxylation is 1. The van der Waals surface area contributed by atoms with Crippen molar-refractivity contribution in [3.63, 3.8) is 0 Å². The minimum Gasteiger partial charge on any atom is -0.377 e. The Labute approximate surface area is 170 Å². The van der Waals surface area contributed by atoms with E-state index >= 15 is 0 Å². The number of methoxy groups -OCH3 is 1. The average molecular weight is 393 g/mol. The van der Waals surface area contributed by atoms with Crippen LogP contribution in [-0.4, -0.2) is 59.0 Å². The minimum absolute atomic E-state index is 0.0999. The van der Waals surface area contributed by atoms with Crippen LogP contribution in [0.5, 0.6) is 0 Å². The van der Waals surface area contributed by atoms with Gasteiger partial charge >= 0.3 is 0 Å². The molecule has 7 heteroatoms. The van der Waals surface area contributed by atoms with Gasteiger partial charge in [-0.05, 0) is 44.0 Å². The minimum atomic E-state index is 0.0999. The molecule has 4 rings (SSSR count). The van der Waals surface area contributed by atoms with Gasteiger partial charge in [0.25, 0.3) is 5.91 Å². The van der Waals surface area contributed by atoms with Gasteiger partial charge in [-0.2, -0.15) is 0 Å². The lowest BCUT2D eigenvalue weighted by Crippen LogP contribution is -2.42. The van der Waals surface area contributed by atoms with Gasteiger partial charge < -0.3 is 19.5 Å². The van der Waals surface area contributed by atoms with Gasteiger partial charge in [-0.15, -0.1) is 0 Å². The number of nitrogens with zero attached hydrogens (tertiary/aromatic N) is 4. The van der Waals surface area contributed by atoms with Crippen LogP contribution < -0.4 is 4.90 Å². The third-order valence-corrected chi connectivity index (χ3v) is 5.47. The van der Waals surface area contributed by atoms with Crippen LogP contribution in [0.2, 0.25) is 0 Å². The van der Waals surface area contributed by atoms with E-state index in [1.807, 2.05) is 55.4 Å². The van der Waals surface area contributed by atoms with Crippen molar-refractivity contribution in [1.29, 1.82) is 0 Å². The predicted molar refractivity (Wildman–Crippen MR) is 113 cm³/mol. The number of aromatic amines is 1. The number of rotatable bonds is 6. The van der Waals surface area contributed by atoms with Crippen molar-refractivity contribution in [2.45, 2.75) is 32.4 Å². The highest BCUT2D eigenvalue weighted by Crippen LogP contribution is 2.24. The van der Waals surface area contributed by atoms with E-state index in [4.69, 9.17) is 4.74 Å². The van der Waals surface area contributed by atoms with Gasteiger partial charge in [-0.3, -0.25) is 4.79 Å². The first-order valence-electron chi connectivity index (χ1n) is 9.98. The topological polar surface area (TPSA) is 74.3 Å². The number of hydrogen-bond donors (Lipinski definition) is 1. The molecule has 1 amide bonds. The van der Waals surface area contributed by atoms with Crippen LogP contribution in [0, 0.1) is 6.92 Å². The Hall–Kier alpha value is -2.93. The molecular formula is C22H27N5O2. The van der Waals surface area contributed by atoms with Gasteiger partial charge in [-0.1, -0.05) is 0 Å². The molecule has 1 aliphatic rings. The third kappa shape index (κ3) is 4.10. The second kappa shape index (κ2) is 8.21. The van der Waals surface area contributed by atoms with Crippen LogP contribution in [0.1, 0.15) is 34.7 Å². The molecular weight excluding hydrogens is 366 g/mol. The molecule has 1 atom stereocenters. The molecule has 0 radical (unpaired) electrons. The van der Waals surface area contributed by atoms with Crippen molar-refractivity contribution in [3.8, 4) is 0 Å². The number of nitrogens with one attached hydrogen (secondary N) is 1. The van der Waals surface area contributed by atoms with Crippen molar-refractivity contribution in [2.75, 3.05) is 32.1 Å². The van der Waals surface area contributed by atoms with Crippen LogP contribution in [0.25, 0.3) is 10.9 Å². The summed E-state index contributed by atoms with van der Waals surface area (Å²) in [6.45, 7) is 3.88. The average Bonchev–Trinajstić information content (AvgIpc) is 3.35. The summed E-state index contributed by atoms with van der Waals surface area (Å²) in [5, 5.41) is 1.06. The Bertz CT molecular complexity index is 1020. The molecule has 7 nitrogen and oxygen atoms in total. The zero-order valence-electron chi connectivity index (χ0n) is 17.2. The Morgan fingerprint density at radius 3 is 3.00 bits per heavy atom. The fraction of sp³-hybridized carbons (Fsp3) is 0.409. The molecule has 1 N–H and O–H groups in total. The van der Waals surface area contributed by atoms with Crippen molar-refractivity contribution in [3.05, 3.63) is 53.6 Å². The van der Waals surface area contributed by atoms with E-state index in [0.29, 0.717) is 12.4 Å². The van der Waals surface area contributed by atoms with Crippen LogP contribution in [0.3, 0.4) is 0 Å². The molecule has 29 heavy (non-hydrogen) atoms. The Morgan fingerprint density at radius 1 is 1.31 bits per heavy atom. The summed E-state index contributed by atoms with van der Waals surface area (Å²) in [4.78, 5) is 29.5. The molecule has 2 aromatic heterocycles. The second-order valence-electron chi connectivity index (χ2n) is 7.67. The summed E-state index contributed by atoms with van der Waals surface area (Å²) in [5.41, 5.74) is 2.70. The number of ether oxygens (including phenoxy) is 1. The van der Waals surface area contributed by atoms with Crippen LogP contribution >= 0.6 is 0 Å². The normalized spacial score (nSPS) is 16.5. The number of aromatic nitrogens is 3. The quantitative estimate of drug-likeness (QED) is 0.696. The van der Waals surface area contributed by atoms with Gasteiger partial charge in [-0.25, -0.2) is 9.97 Å². The van der Waals surface area contributed by atoms with E-state index in [-0.39, 0.29) is 11.9 Å². The molecule has 3 aromatic rings. The van der Waals surface area contributed by atoms with Gasteiger partial charge in [0.2, 0.25) is 0 Å². The van der Waals surface area contributed by atoms with Crippen LogP contribution in [0.4, 0.5) is 5.82 Å². The summed E-state index contributed by atoms with van der Waals surface area (Å²) < 4.78 is 5.17. The van der Waals surface area contributed by atoms with Crippen molar-refractivity contribution in [2.24, 2.45) is 0 Å². The van der Waals surface area contributed by atoms with Gasteiger partial charge in [0.15, 0.2) is 5.82 Å². The number of benzene rings is 1. The molecule has 1 unspecified atom stereocenters. The third-order valence-electron chi connectivity index (χ3n) is 5.47. The molecule has 0 spiro atoms. The number of carbonyl (C=O) groups is 1. The first kappa shape index (κ1) is 19.4. The first-order chi connectivity index (χ1) is 14.0. The highest BCUT2D eigenvalue weighted by molar-refractivity contribution is 5.98. The van der Waals surface area contributed by atoms with Crippen molar-refractivity contribution < 1.29 is 9.53 Å². The summed E-state index contributed by atoms with van der Waals surface area (Å²) in [6, 6.07) is 9.98. The number of H-pyrrole nitrogens is 1. The monoisotopic (exact) mass is 393 g/mol. The van der Waals surface area contributed by atoms with Crippen molar-refractivity contribution in [1.82, 2.24) is 19.9 Å². The zero-order chi connectivity index (χ0) is 20.4. The fourth-order valence-electron chi connectivity index (χ4n) is 4.06. The summed E-state index contributed by atoms with van der Waals surface area (Å²) in [7, 11) is 3.66. The second-order valence-corrected chi connectivity index (χ2v) is 7.67. The van der Waals surface area contributed by atoms with E-state index in [0.717, 1.165) is 53.9 Å². The Kier molecular flexibility index (Phi) is 5.49. The highest BCUT2D eigenvalue weighted by Gasteiger charge is 2.30. The Morgan fingerprint density at radius 2 is 2.17 bits per heavy atom. The number of hydrogen-bond acceptors (Lipinski definition) is 5. The van der Waals surface area contributed by atoms with E-state index in [1.165, 1.54) is 0 Å². The van der Waals surface area contributed by atoms with E-state index in [9.17, 15) is 4.79 Å². The molecule has 0 bridgehead atoms. The van der Waals surface area contributed by atoms with Crippen molar-refractivity contribution >= 4 is 22.6 Å². The van der Waals surface area contributed by atoms with Gasteiger partial charge in [0.1, 0.15) is 12.4 Å². The van der Waals surface area contributed by atoms with Gasteiger partial charge in [0.05, 0.1) is 0 Å². The lowest BCUT2D eigenvalue weighted by atomic mass is 10.1. The number of likely N-dealkylation sites (N-methyl/N-ethyl adjacent to an activating group) is 1. The molecule has 0 aliphatic carbocycles. The lowest BCUT2D eigenvalue weighted by molar-refractivity contribution is 0.0741. The molecule has 1 aromatic carbocycles. The molecule has 1 aliphatic heterocycles. The molecule has 1 saturated heterocycles. The smallest absolute Gasteiger partial charge is 0.254 e. The SMILES string of the molecule is COCc1nc(C)cc(N(C)CC2CCCN2C(=O)c2ccc3[nH]ccc3c2)n1. The van der Waals surface area contributed by atoms with E-state index < -0.39 is 0 Å². The summed E-state index contributed by atoms with van der Waals surface area (Å²) in [5.74, 6) is 1.63. The fourth-order valence-corrected chi connectivity index (χ4v) is 4.06. The largest absolute Gasteiger partial charge is 0.377 e. The van der Waals surface area contributed by atoms with E-state index in [1.54, 1.807) is 7.11 Å². The number of amides is 1. The van der Waals surface area contributed by atoms with Crippen LogP contribution in [0.15, 0.2) is 36.5 Å². The highest BCUT2D eigenvalue weighted by atomic mass is 16.5. The number of likely N-dealkylation sites (tertiary alicyclic amines) is 1. The first-order valence-corrected chi connectivity index (χ1v) is 9.98. The van der Waals surface area contributed by atoms with Gasteiger partial charge in [0, 0.05) is 67.7 Å². The molecule has 152 valence electrons. The number of fused-ring (bicyclic) bond motifs is 1. The number of anilines is 1. The van der Waals surface area contributed by atoms with E-state index in [2.05, 4.69) is 19.9 Å². The zero-order valence-corrected chi connectivity index (χ0v) is 17.2. The predicted octanol–water partition coefficient (Wildman–Crippen LogP) is 3.15. The van der Waals surface area contributed by atoms with Crippen LogP contribution in [-0.2, 0) is 11.3 Å². The maximum atomic E-state index is 13.2. The Balaban J connectivity index is 1.50. The molecule has 1 fully saturated rings. The standard InChI is InChI=1S/C22H27N5O2/c1-15-11-21(25-20(24-15)14-29-3)26(2)13-18-5-4-10-27(18)22(28)17-6-7-19-16(12-17)8-9-23-19/h6-9,11-12,18,23H,4-5,10,13-14H2,1-3H3. The maximum absolute atomic E-state index is 13.2. The number of carbonyl (C=O) groups excluding carboxylic acids is 1.